The van der Waals surface area contributed by atoms with Crippen molar-refractivity contribution in [1.29, 1.82) is 0 Å². The van der Waals surface area contributed by atoms with Gasteiger partial charge in [0, 0.05) is 20.6 Å². The van der Waals surface area contributed by atoms with Gasteiger partial charge in [-0.05, 0) is 42.8 Å². The number of aryl methyl sites for hydroxylation is 1. The van der Waals surface area contributed by atoms with Gasteiger partial charge >= 0.3 is 0 Å². The van der Waals surface area contributed by atoms with Crippen molar-refractivity contribution >= 4 is 43.5 Å². The van der Waals surface area contributed by atoms with Gasteiger partial charge in [-0.25, -0.2) is 4.39 Å². The molecule has 0 fully saturated rings. The molecule has 1 atom stereocenters. The Morgan fingerprint density at radius 3 is 2.55 bits per heavy atom. The molecule has 5 heteroatoms. The number of hydrogen-bond donors (Lipinski definition) is 0. The van der Waals surface area contributed by atoms with E-state index in [0.29, 0.717) is 16.3 Å². The van der Waals surface area contributed by atoms with Gasteiger partial charge in [-0.1, -0.05) is 43.5 Å². The van der Waals surface area contributed by atoms with Crippen molar-refractivity contribution in [1.82, 2.24) is 0 Å². The molecule has 2 rings (SSSR count). The molecule has 0 amide bonds. The van der Waals surface area contributed by atoms with E-state index < -0.39 is 0 Å². The van der Waals surface area contributed by atoms with Crippen molar-refractivity contribution in [3.8, 4) is 5.75 Å². The first-order valence-corrected chi connectivity index (χ1v) is 7.95. The van der Waals surface area contributed by atoms with Crippen LogP contribution in [0.4, 0.5) is 4.39 Å². The fraction of sp³-hybridized carbons (Fsp3) is 0.200. The van der Waals surface area contributed by atoms with E-state index in [0.717, 1.165) is 15.6 Å². The average molecular weight is 423 g/mol. The number of alkyl halides is 1. The van der Waals surface area contributed by atoms with Gasteiger partial charge in [0.2, 0.25) is 0 Å². The van der Waals surface area contributed by atoms with Crippen LogP contribution in [0, 0.1) is 12.7 Å². The molecule has 1 nitrogen and oxygen atoms in total. The summed E-state index contributed by atoms with van der Waals surface area (Å²) < 4.78 is 20.3. The molecule has 0 aliphatic carbocycles. The van der Waals surface area contributed by atoms with Crippen molar-refractivity contribution in [3.63, 3.8) is 0 Å². The van der Waals surface area contributed by atoms with E-state index >= 15 is 0 Å². The highest BCUT2D eigenvalue weighted by molar-refractivity contribution is 9.10. The Kier molecular flexibility index (Phi) is 5.10. The molecule has 0 aliphatic heterocycles. The lowest BCUT2D eigenvalue weighted by Crippen LogP contribution is -2.00. The van der Waals surface area contributed by atoms with Gasteiger partial charge in [-0.15, -0.1) is 0 Å². The van der Waals surface area contributed by atoms with Crippen molar-refractivity contribution < 1.29 is 9.13 Å². The summed E-state index contributed by atoms with van der Waals surface area (Å²) in [6.45, 7) is 1.97. The predicted molar refractivity (Wildman–Crippen MR) is 87.6 cm³/mol. The number of hydrogen-bond acceptors (Lipinski definition) is 1. The van der Waals surface area contributed by atoms with E-state index in [1.54, 1.807) is 13.2 Å². The average Bonchev–Trinajstić information content (AvgIpc) is 2.43. The first-order chi connectivity index (χ1) is 9.43. The molecule has 2 aromatic rings. The molecule has 0 aromatic heterocycles. The van der Waals surface area contributed by atoms with E-state index in [1.807, 2.05) is 19.1 Å². The third kappa shape index (κ3) is 3.18. The molecule has 0 bridgehead atoms. The van der Waals surface area contributed by atoms with Crippen molar-refractivity contribution in [3.05, 3.63) is 62.3 Å². The second-order valence-electron chi connectivity index (χ2n) is 4.37. The van der Waals surface area contributed by atoms with Crippen LogP contribution >= 0.6 is 43.5 Å². The van der Waals surface area contributed by atoms with Crippen LogP contribution in [0.1, 0.15) is 21.5 Å². The Morgan fingerprint density at radius 1 is 1.20 bits per heavy atom. The molecule has 0 saturated carbocycles. The van der Waals surface area contributed by atoms with Gasteiger partial charge in [0.25, 0.3) is 0 Å². The number of halogens is 4. The lowest BCUT2D eigenvalue weighted by atomic mass is 10.0. The lowest BCUT2D eigenvalue weighted by Gasteiger charge is -2.17. The summed E-state index contributed by atoms with van der Waals surface area (Å²) in [6.07, 6.45) is 0. The van der Waals surface area contributed by atoms with E-state index in [1.165, 1.54) is 12.1 Å². The largest absolute Gasteiger partial charge is 0.496 e. The summed E-state index contributed by atoms with van der Waals surface area (Å²) in [5, 5.41) is 0.496. The fourth-order valence-electron chi connectivity index (χ4n) is 1.92. The molecular formula is C15H12Br2ClFO. The molecule has 0 spiro atoms. The van der Waals surface area contributed by atoms with Crippen molar-refractivity contribution in [2.75, 3.05) is 7.11 Å². The topological polar surface area (TPSA) is 9.23 Å². The minimum Gasteiger partial charge on any atom is -0.496 e. The summed E-state index contributed by atoms with van der Waals surface area (Å²) in [6, 6.07) is 8.34. The molecule has 20 heavy (non-hydrogen) atoms. The lowest BCUT2D eigenvalue weighted by molar-refractivity contribution is 0.410. The summed E-state index contributed by atoms with van der Waals surface area (Å²) >= 11 is 13.0. The van der Waals surface area contributed by atoms with Crippen LogP contribution in [0.2, 0.25) is 5.02 Å². The van der Waals surface area contributed by atoms with Crippen LogP contribution in [0.5, 0.6) is 5.75 Å². The molecule has 2 aromatic carbocycles. The molecular weight excluding hydrogens is 410 g/mol. The van der Waals surface area contributed by atoms with Crippen LogP contribution in [0.3, 0.4) is 0 Å². The fourth-order valence-corrected chi connectivity index (χ4v) is 3.17. The van der Waals surface area contributed by atoms with Crippen LogP contribution in [-0.2, 0) is 0 Å². The monoisotopic (exact) mass is 420 g/mol. The second-order valence-corrected chi connectivity index (χ2v) is 6.58. The zero-order valence-corrected chi connectivity index (χ0v) is 14.8. The smallest absolute Gasteiger partial charge is 0.127 e. The van der Waals surface area contributed by atoms with Crippen LogP contribution in [0.25, 0.3) is 0 Å². The summed E-state index contributed by atoms with van der Waals surface area (Å²) in [5.74, 6) is 0.391. The van der Waals surface area contributed by atoms with Crippen molar-refractivity contribution in [2.24, 2.45) is 0 Å². The first kappa shape index (κ1) is 15.8. The third-order valence-corrected chi connectivity index (χ3v) is 5.09. The van der Waals surface area contributed by atoms with E-state index in [-0.39, 0.29) is 10.6 Å². The van der Waals surface area contributed by atoms with Crippen LogP contribution in [0.15, 0.2) is 34.8 Å². The molecule has 106 valence electrons. The zero-order valence-electron chi connectivity index (χ0n) is 10.9. The number of methoxy groups -OCH3 is 1. The zero-order chi connectivity index (χ0) is 14.9. The van der Waals surface area contributed by atoms with Gasteiger partial charge in [0.15, 0.2) is 0 Å². The molecule has 0 aliphatic rings. The Morgan fingerprint density at radius 2 is 1.90 bits per heavy atom. The Balaban J connectivity index is 2.55. The van der Waals surface area contributed by atoms with Crippen LogP contribution < -0.4 is 4.74 Å². The first-order valence-electron chi connectivity index (χ1n) is 5.87. The molecule has 0 saturated heterocycles. The highest BCUT2D eigenvalue weighted by Gasteiger charge is 2.20. The molecule has 1 unspecified atom stereocenters. The minimum atomic E-state index is -0.340. The number of ether oxygens (including phenoxy) is 1. The Hall–Kier alpha value is -0.580. The molecule has 0 radical (unpaired) electrons. The van der Waals surface area contributed by atoms with Crippen molar-refractivity contribution in [2.45, 2.75) is 11.8 Å². The third-order valence-electron chi connectivity index (χ3n) is 3.02. The maximum atomic E-state index is 14.0. The number of rotatable bonds is 3. The van der Waals surface area contributed by atoms with Gasteiger partial charge < -0.3 is 4.74 Å². The van der Waals surface area contributed by atoms with Gasteiger partial charge in [0.05, 0.1) is 11.9 Å². The SMILES string of the molecule is COc1cc(C)c(Br)cc1C(Br)c1cc(Cl)ccc1F. The van der Waals surface area contributed by atoms with Crippen LogP contribution in [-0.4, -0.2) is 7.11 Å². The van der Waals surface area contributed by atoms with E-state index in [2.05, 4.69) is 31.9 Å². The van der Waals surface area contributed by atoms with Gasteiger partial charge in [-0.3, -0.25) is 0 Å². The quantitative estimate of drug-likeness (QED) is 0.548. The summed E-state index contributed by atoms with van der Waals surface area (Å²) in [5.41, 5.74) is 2.37. The standard InChI is InChI=1S/C15H12Br2ClFO/c1-8-5-14(20-2)11(7-12(8)16)15(17)10-6-9(18)3-4-13(10)19/h3-7,15H,1-2H3. The second kappa shape index (κ2) is 6.46. The summed E-state index contributed by atoms with van der Waals surface area (Å²) in [7, 11) is 1.60. The van der Waals surface area contributed by atoms with Gasteiger partial charge in [-0.2, -0.15) is 0 Å². The van der Waals surface area contributed by atoms with E-state index in [4.69, 9.17) is 16.3 Å². The maximum absolute atomic E-state index is 14.0. The Labute approximate surface area is 139 Å². The Bertz CT molecular complexity index is 646. The van der Waals surface area contributed by atoms with Gasteiger partial charge in [0.1, 0.15) is 11.6 Å². The van der Waals surface area contributed by atoms with E-state index in [9.17, 15) is 4.39 Å². The predicted octanol–water partition coefficient (Wildman–Crippen LogP) is 6.04. The maximum Gasteiger partial charge on any atom is 0.127 e. The highest BCUT2D eigenvalue weighted by Crippen LogP contribution is 2.40. The molecule has 0 heterocycles. The highest BCUT2D eigenvalue weighted by atomic mass is 79.9. The minimum absolute atomic E-state index is 0.310. The number of benzene rings is 2. The normalized spacial score (nSPS) is 12.3. The molecule has 0 N–H and O–H groups in total. The summed E-state index contributed by atoms with van der Waals surface area (Å²) in [4.78, 5) is -0.340.